The molecule has 3 atom stereocenters. The van der Waals surface area contributed by atoms with Crippen LogP contribution in [0.15, 0.2) is 86.2 Å². The van der Waals surface area contributed by atoms with Crippen LogP contribution in [0.2, 0.25) is 0 Å². The third kappa shape index (κ3) is 24.5. The summed E-state index contributed by atoms with van der Waals surface area (Å²) >= 11 is 10.2. The lowest BCUT2D eigenvalue weighted by Crippen LogP contribution is -2.41. The largest absolute Gasteiger partial charge is 0.381 e. The fraction of sp³-hybridized carbons (Fsp3) is 0.513. The van der Waals surface area contributed by atoms with Crippen LogP contribution in [0.3, 0.4) is 0 Å². The Morgan fingerprint density at radius 2 is 0.902 bits per heavy atom. The molecule has 0 aliphatic carbocycles. The van der Waals surface area contributed by atoms with E-state index in [9.17, 15) is 4.79 Å². The highest BCUT2D eigenvalue weighted by Crippen LogP contribution is 2.15. The summed E-state index contributed by atoms with van der Waals surface area (Å²) in [5, 5.41) is 0. The average Bonchev–Trinajstić information content (AvgIpc) is 3.65. The summed E-state index contributed by atoms with van der Waals surface area (Å²) in [6, 6.07) is 25.3. The van der Waals surface area contributed by atoms with Gasteiger partial charge in [0.25, 0.3) is 0 Å². The lowest BCUT2D eigenvalue weighted by Gasteiger charge is -2.22. The summed E-state index contributed by atoms with van der Waals surface area (Å²) in [4.78, 5) is 17.4. The molecule has 6 N–H and O–H groups in total. The molecule has 12 heteroatoms. The molecule has 4 rings (SSSR count). The third-order valence-corrected chi connectivity index (χ3v) is 9.48. The number of rotatable bonds is 12. The maximum Gasteiger partial charge on any atom is 0.235 e. The summed E-state index contributed by atoms with van der Waals surface area (Å²) in [7, 11) is 12.0. The van der Waals surface area contributed by atoms with Gasteiger partial charge in [-0.25, -0.2) is 0 Å². The predicted octanol–water partition coefficient (Wildman–Crippen LogP) is 7.66. The van der Waals surface area contributed by atoms with E-state index in [-0.39, 0.29) is 39.2 Å². The van der Waals surface area contributed by atoms with Gasteiger partial charge in [0.2, 0.25) is 5.91 Å². The first-order valence-electron chi connectivity index (χ1n) is 16.3. The zero-order valence-corrected chi connectivity index (χ0v) is 35.5. The van der Waals surface area contributed by atoms with Crippen LogP contribution in [0.4, 0.5) is 0 Å². The van der Waals surface area contributed by atoms with Gasteiger partial charge in [-0.2, -0.15) is 0 Å². The molecule has 1 amide bonds. The van der Waals surface area contributed by atoms with Crippen LogP contribution in [0.1, 0.15) is 44.4 Å². The van der Waals surface area contributed by atoms with Gasteiger partial charge in [0.1, 0.15) is 0 Å². The van der Waals surface area contributed by atoms with Crippen LogP contribution in [0.5, 0.6) is 0 Å². The number of halogens is 4. The van der Waals surface area contributed by atoms with E-state index < -0.39 is 0 Å². The number of nitrogens with two attached hydrogens (primary N) is 3. The van der Waals surface area contributed by atoms with Crippen LogP contribution in [-0.2, 0) is 28.8 Å². The molecule has 51 heavy (non-hydrogen) atoms. The molecular formula is C39H66Br3ClN6O2. The smallest absolute Gasteiger partial charge is 0.235 e. The van der Waals surface area contributed by atoms with Crippen LogP contribution >= 0.6 is 60.2 Å². The van der Waals surface area contributed by atoms with Gasteiger partial charge in [0.05, 0.1) is 6.04 Å². The lowest BCUT2D eigenvalue weighted by molar-refractivity contribution is -0.122. The van der Waals surface area contributed by atoms with Crippen LogP contribution in [0, 0.1) is 0 Å². The topological polar surface area (TPSA) is 114 Å². The maximum absolute atomic E-state index is 11.2. The van der Waals surface area contributed by atoms with Crippen molar-refractivity contribution in [2.75, 3.05) is 68.6 Å². The van der Waals surface area contributed by atoms with Crippen molar-refractivity contribution in [2.45, 2.75) is 65.1 Å². The van der Waals surface area contributed by atoms with Gasteiger partial charge in [-0.05, 0) is 127 Å². The Morgan fingerprint density at radius 3 is 1.10 bits per heavy atom. The molecule has 3 aromatic rings. The molecule has 0 saturated carbocycles. The first kappa shape index (κ1) is 54.0. The van der Waals surface area contributed by atoms with Crippen LogP contribution < -0.4 is 17.2 Å². The van der Waals surface area contributed by atoms with Gasteiger partial charge in [-0.15, -0.1) is 12.4 Å². The van der Waals surface area contributed by atoms with Gasteiger partial charge in [0, 0.05) is 51.8 Å². The number of primary amides is 1. The minimum atomic E-state index is -0.289. The Morgan fingerprint density at radius 1 is 0.608 bits per heavy atom. The zero-order chi connectivity index (χ0) is 36.1. The van der Waals surface area contributed by atoms with Crippen molar-refractivity contribution in [3.05, 3.63) is 103 Å². The second-order valence-corrected chi connectivity index (χ2v) is 15.1. The van der Waals surface area contributed by atoms with E-state index in [1.54, 1.807) is 0 Å². The number of carbonyl (C=O) groups is 1. The predicted molar refractivity (Wildman–Crippen MR) is 234 cm³/mol. The molecule has 0 unspecified atom stereocenters. The molecule has 1 fully saturated rings. The number of amides is 1. The van der Waals surface area contributed by atoms with E-state index in [4.69, 9.17) is 21.9 Å². The Bertz CT molecular complexity index is 1200. The van der Waals surface area contributed by atoms with E-state index in [0.29, 0.717) is 31.6 Å². The quantitative estimate of drug-likeness (QED) is 0.171. The first-order valence-corrected chi connectivity index (χ1v) is 18.6. The zero-order valence-electron chi connectivity index (χ0n) is 30.0. The molecule has 0 spiro atoms. The van der Waals surface area contributed by atoms with Gasteiger partial charge >= 0.3 is 0 Å². The third-order valence-electron chi connectivity index (χ3n) is 7.90. The normalized spacial score (nSPS) is 13.4. The molecule has 3 aromatic carbocycles. The number of hydrogen-bond donors (Lipinski definition) is 3. The fourth-order valence-electron chi connectivity index (χ4n) is 4.63. The highest BCUT2D eigenvalue weighted by Gasteiger charge is 2.18. The van der Waals surface area contributed by atoms with Gasteiger partial charge in [-0.1, -0.05) is 99.0 Å². The molecule has 8 nitrogen and oxygen atoms in total. The Balaban J connectivity index is -0.000000615. The SMILES string of the molecule is C.C.C1CCOC1.CN(C)[C@@H](Cc1ccc(Br)cc1)C(N)=O.CN(C)[C@H](CN)Cc1ccc(Br)cc1.CN(C)[C@H](CN)Cc1ccc(Br)cc1.Cl. The Hall–Kier alpha value is -1.38. The fourth-order valence-corrected chi connectivity index (χ4v) is 5.42. The van der Waals surface area contributed by atoms with E-state index in [0.717, 1.165) is 45.0 Å². The summed E-state index contributed by atoms with van der Waals surface area (Å²) in [5.41, 5.74) is 20.5. The number of ether oxygens (including phenoxy) is 1. The van der Waals surface area contributed by atoms with Crippen molar-refractivity contribution in [2.24, 2.45) is 17.2 Å². The molecule has 0 radical (unpaired) electrons. The molecule has 0 bridgehead atoms. The van der Waals surface area contributed by atoms with Crippen LogP contribution in [0.25, 0.3) is 0 Å². The number of benzene rings is 3. The van der Waals surface area contributed by atoms with Gasteiger partial charge in [0.15, 0.2) is 0 Å². The Labute approximate surface area is 342 Å². The van der Waals surface area contributed by atoms with Crippen molar-refractivity contribution >= 4 is 66.1 Å². The number of carbonyl (C=O) groups excluding carboxylic acids is 1. The highest BCUT2D eigenvalue weighted by atomic mass is 79.9. The summed E-state index contributed by atoms with van der Waals surface area (Å²) in [5.74, 6) is -0.289. The van der Waals surface area contributed by atoms with Crippen LogP contribution in [-0.4, -0.2) is 107 Å². The molecule has 1 aliphatic heterocycles. The lowest BCUT2D eigenvalue weighted by atomic mass is 10.1. The minimum Gasteiger partial charge on any atom is -0.381 e. The minimum absolute atomic E-state index is 0. The Kier molecular flexibility index (Phi) is 32.8. The maximum atomic E-state index is 11.2. The summed E-state index contributed by atoms with van der Waals surface area (Å²) < 4.78 is 8.22. The van der Waals surface area contributed by atoms with E-state index in [2.05, 4.69) is 134 Å². The van der Waals surface area contributed by atoms with Crippen molar-refractivity contribution in [1.82, 2.24) is 14.7 Å². The van der Waals surface area contributed by atoms with Crippen molar-refractivity contribution in [1.29, 1.82) is 0 Å². The molecule has 1 heterocycles. The van der Waals surface area contributed by atoms with E-state index in [1.165, 1.54) is 24.0 Å². The van der Waals surface area contributed by atoms with Gasteiger partial charge < -0.3 is 31.7 Å². The standard InChI is InChI=1S/C11H15BrN2O.2C11H17BrN2.C4H8O.2CH4.ClH/c1-14(2)10(11(13)15)7-8-3-5-9(12)6-4-8;2*1-14(2)11(8-13)7-9-3-5-10(12)6-4-9;1-2-4-5-3-1;;;/h3-6,10H,7H2,1-2H3,(H2,13,15);2*3-6,11H,7-8,13H2,1-2H3;1-4H2;2*1H4;1H/t10-;2*11-;;;;/m000..../s1. The van der Waals surface area contributed by atoms with Gasteiger partial charge in [-0.3, -0.25) is 9.69 Å². The van der Waals surface area contributed by atoms with E-state index in [1.807, 2.05) is 43.3 Å². The van der Waals surface area contributed by atoms with Crippen molar-refractivity contribution in [3.8, 4) is 0 Å². The average molecular weight is 926 g/mol. The molecular weight excluding hydrogens is 860 g/mol. The number of nitrogens with zero attached hydrogens (tertiary/aromatic N) is 3. The molecule has 1 aliphatic rings. The van der Waals surface area contributed by atoms with E-state index >= 15 is 0 Å². The molecule has 292 valence electrons. The summed E-state index contributed by atoms with van der Waals surface area (Å²) in [6.45, 7) is 3.39. The summed E-state index contributed by atoms with van der Waals surface area (Å²) in [6.07, 6.45) is 5.23. The number of hydrogen-bond acceptors (Lipinski definition) is 7. The first-order chi connectivity index (χ1) is 22.8. The second-order valence-electron chi connectivity index (χ2n) is 12.4. The van der Waals surface area contributed by atoms with Crippen molar-refractivity contribution < 1.29 is 9.53 Å². The molecule has 1 saturated heterocycles. The monoisotopic (exact) mass is 922 g/mol. The van der Waals surface area contributed by atoms with Crippen molar-refractivity contribution in [3.63, 3.8) is 0 Å². The highest BCUT2D eigenvalue weighted by molar-refractivity contribution is 9.11. The second kappa shape index (κ2) is 31.0. The molecule has 0 aromatic heterocycles. The number of likely N-dealkylation sites (N-methyl/N-ethyl adjacent to an activating group) is 3.